The number of halogens is 1. The molecule has 2 aromatic rings. The van der Waals surface area contributed by atoms with Crippen LogP contribution in [-0.4, -0.2) is 18.9 Å². The number of carbonyl (C=O) groups excluding carboxylic acids is 1. The highest BCUT2D eigenvalue weighted by Crippen LogP contribution is 2.28. The Kier molecular flexibility index (Phi) is 3.33. The molecule has 1 N–H and O–H groups in total. The topological polar surface area (TPSA) is 42.2 Å². The van der Waals surface area contributed by atoms with E-state index in [2.05, 4.69) is 12.2 Å². The van der Waals surface area contributed by atoms with Crippen LogP contribution in [0.1, 0.15) is 23.9 Å². The van der Waals surface area contributed by atoms with Gasteiger partial charge in [-0.2, -0.15) is 0 Å². The molecule has 0 saturated carbocycles. The molecule has 0 bridgehead atoms. The summed E-state index contributed by atoms with van der Waals surface area (Å²) < 4.78 is 5.66. The standard InChI is InChI=1S/C15H16ClNO2/c1-9-8-17-5-4-12(9)15(18)14-7-10-6-11(16)2-3-13(10)19-14/h2-3,6-7,9,12,17H,4-5,8H2,1H3. The highest BCUT2D eigenvalue weighted by molar-refractivity contribution is 6.31. The number of piperidine rings is 1. The van der Waals surface area contributed by atoms with E-state index in [1.54, 1.807) is 18.2 Å². The van der Waals surface area contributed by atoms with Crippen molar-refractivity contribution in [2.75, 3.05) is 13.1 Å². The van der Waals surface area contributed by atoms with Gasteiger partial charge in [0, 0.05) is 16.3 Å². The predicted octanol–water partition coefficient (Wildman–Crippen LogP) is 3.51. The average molecular weight is 278 g/mol. The van der Waals surface area contributed by atoms with Crippen molar-refractivity contribution in [1.29, 1.82) is 0 Å². The molecular formula is C15H16ClNO2. The molecule has 3 rings (SSSR count). The number of hydrogen-bond donors (Lipinski definition) is 1. The van der Waals surface area contributed by atoms with Gasteiger partial charge in [-0.1, -0.05) is 18.5 Å². The molecule has 1 saturated heterocycles. The van der Waals surface area contributed by atoms with Crippen molar-refractivity contribution in [2.24, 2.45) is 11.8 Å². The summed E-state index contributed by atoms with van der Waals surface area (Å²) in [6.07, 6.45) is 0.873. The van der Waals surface area contributed by atoms with Crippen LogP contribution in [0.3, 0.4) is 0 Å². The molecule has 2 heterocycles. The van der Waals surface area contributed by atoms with Crippen molar-refractivity contribution >= 4 is 28.4 Å². The quantitative estimate of drug-likeness (QED) is 0.854. The maximum absolute atomic E-state index is 12.5. The Labute approximate surface area is 116 Å². The smallest absolute Gasteiger partial charge is 0.201 e. The molecule has 0 aliphatic carbocycles. The van der Waals surface area contributed by atoms with Gasteiger partial charge in [0.25, 0.3) is 0 Å². The second-order valence-corrected chi connectivity index (χ2v) is 5.67. The van der Waals surface area contributed by atoms with E-state index >= 15 is 0 Å². The second kappa shape index (κ2) is 4.99. The van der Waals surface area contributed by atoms with Crippen LogP contribution in [0, 0.1) is 11.8 Å². The molecule has 2 unspecified atom stereocenters. The summed E-state index contributed by atoms with van der Waals surface area (Å²) in [5.41, 5.74) is 0.717. The molecule has 2 atom stereocenters. The summed E-state index contributed by atoms with van der Waals surface area (Å²) >= 11 is 5.94. The summed E-state index contributed by atoms with van der Waals surface area (Å²) in [4.78, 5) is 12.5. The van der Waals surface area contributed by atoms with E-state index < -0.39 is 0 Å². The molecule has 1 aromatic carbocycles. The van der Waals surface area contributed by atoms with Crippen molar-refractivity contribution in [2.45, 2.75) is 13.3 Å². The van der Waals surface area contributed by atoms with Crippen LogP contribution in [0.2, 0.25) is 5.02 Å². The molecule has 1 aliphatic rings. The molecule has 0 spiro atoms. The van der Waals surface area contributed by atoms with Gasteiger partial charge >= 0.3 is 0 Å². The lowest BCUT2D eigenvalue weighted by molar-refractivity contribution is 0.0821. The largest absolute Gasteiger partial charge is 0.453 e. The first kappa shape index (κ1) is 12.7. The molecular weight excluding hydrogens is 262 g/mol. The SMILES string of the molecule is CC1CNCCC1C(=O)c1cc2cc(Cl)ccc2o1. The first-order valence-corrected chi connectivity index (χ1v) is 6.97. The summed E-state index contributed by atoms with van der Waals surface area (Å²) in [5, 5.41) is 4.85. The third-order valence-electron chi connectivity index (χ3n) is 3.84. The first-order chi connectivity index (χ1) is 9.15. The van der Waals surface area contributed by atoms with Crippen LogP contribution in [0.5, 0.6) is 0 Å². The Morgan fingerprint density at radius 1 is 1.42 bits per heavy atom. The summed E-state index contributed by atoms with van der Waals surface area (Å²) in [7, 11) is 0. The Morgan fingerprint density at radius 3 is 3.05 bits per heavy atom. The zero-order valence-corrected chi connectivity index (χ0v) is 11.5. The summed E-state index contributed by atoms with van der Waals surface area (Å²) in [5.74, 6) is 0.965. The molecule has 1 aliphatic heterocycles. The van der Waals surface area contributed by atoms with Gasteiger partial charge in [0.15, 0.2) is 5.76 Å². The molecule has 100 valence electrons. The number of benzene rings is 1. The van der Waals surface area contributed by atoms with Crippen molar-refractivity contribution < 1.29 is 9.21 Å². The van der Waals surface area contributed by atoms with Gasteiger partial charge in [-0.25, -0.2) is 0 Å². The fourth-order valence-corrected chi connectivity index (χ4v) is 2.90. The van der Waals surface area contributed by atoms with Gasteiger partial charge in [-0.15, -0.1) is 0 Å². The van der Waals surface area contributed by atoms with Crippen LogP contribution >= 0.6 is 11.6 Å². The Hall–Kier alpha value is -1.32. The van der Waals surface area contributed by atoms with Crippen molar-refractivity contribution in [3.05, 3.63) is 35.0 Å². The Bertz CT molecular complexity index is 620. The molecule has 1 fully saturated rings. The zero-order chi connectivity index (χ0) is 13.4. The average Bonchev–Trinajstić information content (AvgIpc) is 2.81. The maximum atomic E-state index is 12.5. The minimum atomic E-state index is 0.0530. The first-order valence-electron chi connectivity index (χ1n) is 6.59. The molecule has 4 heteroatoms. The number of furan rings is 1. The lowest BCUT2D eigenvalue weighted by Gasteiger charge is -2.27. The van der Waals surface area contributed by atoms with E-state index in [4.69, 9.17) is 16.0 Å². The highest BCUT2D eigenvalue weighted by atomic mass is 35.5. The molecule has 1 aromatic heterocycles. The van der Waals surface area contributed by atoms with Crippen molar-refractivity contribution in [1.82, 2.24) is 5.32 Å². The number of Topliss-reactive ketones (excluding diaryl/α,β-unsaturated/α-hetero) is 1. The summed E-state index contributed by atoms with van der Waals surface area (Å²) in [6, 6.07) is 7.20. The number of rotatable bonds is 2. The van der Waals surface area contributed by atoms with E-state index in [-0.39, 0.29) is 11.7 Å². The van der Waals surface area contributed by atoms with Gasteiger partial charge < -0.3 is 9.73 Å². The Balaban J connectivity index is 1.92. The molecule has 3 nitrogen and oxygen atoms in total. The molecule has 0 amide bonds. The third kappa shape index (κ3) is 2.40. The number of ketones is 1. The fourth-order valence-electron chi connectivity index (χ4n) is 2.72. The number of nitrogens with one attached hydrogen (secondary N) is 1. The molecule has 0 radical (unpaired) electrons. The van der Waals surface area contributed by atoms with Gasteiger partial charge in [-0.05, 0) is 49.7 Å². The van der Waals surface area contributed by atoms with E-state index in [9.17, 15) is 4.79 Å². The van der Waals surface area contributed by atoms with Crippen LogP contribution in [-0.2, 0) is 0 Å². The second-order valence-electron chi connectivity index (χ2n) is 5.23. The van der Waals surface area contributed by atoms with Crippen molar-refractivity contribution in [3.8, 4) is 0 Å². The van der Waals surface area contributed by atoms with Crippen LogP contribution < -0.4 is 5.32 Å². The third-order valence-corrected chi connectivity index (χ3v) is 4.08. The number of carbonyl (C=O) groups is 1. The van der Waals surface area contributed by atoms with Gasteiger partial charge in [-0.3, -0.25) is 4.79 Å². The fraction of sp³-hybridized carbons (Fsp3) is 0.400. The van der Waals surface area contributed by atoms with Crippen LogP contribution in [0.25, 0.3) is 11.0 Å². The van der Waals surface area contributed by atoms with Crippen molar-refractivity contribution in [3.63, 3.8) is 0 Å². The van der Waals surface area contributed by atoms with E-state index in [1.807, 2.05) is 6.07 Å². The lowest BCUT2D eigenvalue weighted by Crippen LogP contribution is -2.38. The minimum Gasteiger partial charge on any atom is -0.453 e. The van der Waals surface area contributed by atoms with Gasteiger partial charge in [0.2, 0.25) is 5.78 Å². The lowest BCUT2D eigenvalue weighted by atomic mass is 9.84. The van der Waals surface area contributed by atoms with Gasteiger partial charge in [0.1, 0.15) is 5.58 Å². The summed E-state index contributed by atoms with van der Waals surface area (Å²) in [6.45, 7) is 3.89. The van der Waals surface area contributed by atoms with E-state index in [0.717, 1.165) is 24.9 Å². The zero-order valence-electron chi connectivity index (χ0n) is 10.8. The van der Waals surface area contributed by atoms with E-state index in [0.29, 0.717) is 22.3 Å². The van der Waals surface area contributed by atoms with E-state index in [1.165, 1.54) is 0 Å². The minimum absolute atomic E-state index is 0.0530. The van der Waals surface area contributed by atoms with Crippen LogP contribution in [0.15, 0.2) is 28.7 Å². The number of fused-ring (bicyclic) bond motifs is 1. The predicted molar refractivity (Wildman–Crippen MR) is 75.7 cm³/mol. The Morgan fingerprint density at radius 2 is 2.26 bits per heavy atom. The van der Waals surface area contributed by atoms with Gasteiger partial charge in [0.05, 0.1) is 0 Å². The normalized spacial score (nSPS) is 23.7. The highest BCUT2D eigenvalue weighted by Gasteiger charge is 2.30. The maximum Gasteiger partial charge on any atom is 0.201 e. The monoisotopic (exact) mass is 277 g/mol. The molecule has 19 heavy (non-hydrogen) atoms. The number of hydrogen-bond acceptors (Lipinski definition) is 3. The van der Waals surface area contributed by atoms with Crippen LogP contribution in [0.4, 0.5) is 0 Å².